The first-order valence-corrected chi connectivity index (χ1v) is 13.4. The molecule has 0 saturated carbocycles. The molecule has 42 heavy (non-hydrogen) atoms. The van der Waals surface area contributed by atoms with Crippen LogP contribution in [0.25, 0.3) is 11.2 Å². The number of nitrogens with two attached hydrogens (primary N) is 1. The summed E-state index contributed by atoms with van der Waals surface area (Å²) >= 11 is 4.23. The van der Waals surface area contributed by atoms with Crippen molar-refractivity contribution in [3.8, 4) is 0 Å². The first-order valence-electron chi connectivity index (χ1n) is 12.9. The number of aromatic nitrogens is 6. The Bertz CT molecular complexity index is 1550. The molecule has 0 bridgehead atoms. The Morgan fingerprint density at radius 2 is 1.95 bits per heavy atom. The molecule has 0 aliphatic carbocycles. The van der Waals surface area contributed by atoms with Crippen LogP contribution in [0.5, 0.6) is 0 Å². The number of hydrogen-bond donors (Lipinski definition) is 3. The topological polar surface area (TPSA) is 206 Å². The fourth-order valence-electron chi connectivity index (χ4n) is 4.97. The average molecular weight is 610 g/mol. The third kappa shape index (κ3) is 5.65. The number of aliphatic hydroxyl groups is 1. The van der Waals surface area contributed by atoms with Gasteiger partial charge in [-0.05, 0) is 0 Å². The van der Waals surface area contributed by atoms with Crippen molar-refractivity contribution in [2.24, 2.45) is 7.05 Å². The molecule has 5 rings (SSSR count). The Morgan fingerprint density at radius 1 is 1.17 bits per heavy atom. The van der Waals surface area contributed by atoms with Gasteiger partial charge in [-0.1, -0.05) is 0 Å². The van der Waals surface area contributed by atoms with Crippen LogP contribution in [0.2, 0.25) is 0 Å². The highest BCUT2D eigenvalue weighted by molar-refractivity contribution is 7.81. The predicted molar refractivity (Wildman–Crippen MR) is 145 cm³/mol. The summed E-state index contributed by atoms with van der Waals surface area (Å²) in [5.41, 5.74) is 4.22. The van der Waals surface area contributed by atoms with Gasteiger partial charge < -0.3 is 39.3 Å². The van der Waals surface area contributed by atoms with Gasteiger partial charge in [-0.25, -0.2) is 24.5 Å². The minimum atomic E-state index is -1.36. The zero-order valence-electron chi connectivity index (χ0n) is 22.9. The molecule has 17 nitrogen and oxygen atoms in total. The van der Waals surface area contributed by atoms with E-state index in [0.717, 1.165) is 4.57 Å². The van der Waals surface area contributed by atoms with E-state index >= 15 is 0 Å². The monoisotopic (exact) mass is 609 g/mol. The Labute approximate surface area is 243 Å². The molecule has 3 aromatic rings. The lowest BCUT2D eigenvalue weighted by atomic mass is 10.1. The van der Waals surface area contributed by atoms with Gasteiger partial charge in [0.1, 0.15) is 36.4 Å². The number of thiol groups is 1. The molecule has 18 heteroatoms. The molecule has 2 aliphatic rings. The highest BCUT2D eigenvalue weighted by Gasteiger charge is 2.49. The average Bonchev–Trinajstić information content (AvgIpc) is 3.66. The summed E-state index contributed by atoms with van der Waals surface area (Å²) in [6, 6.07) is 1.21. The molecule has 0 amide bonds. The quantitative estimate of drug-likeness (QED) is 0.134. The Hall–Kier alpha value is -3.39. The molecule has 2 fully saturated rings. The fourth-order valence-corrected chi connectivity index (χ4v) is 5.11. The molecule has 3 N–H and O–H groups in total. The van der Waals surface area contributed by atoms with E-state index < -0.39 is 65.6 Å². The van der Waals surface area contributed by atoms with Gasteiger partial charge in [-0.15, -0.1) is 12.6 Å². The smallest absolute Gasteiger partial charge is 0.346 e. The van der Waals surface area contributed by atoms with E-state index in [9.17, 15) is 19.5 Å². The second kappa shape index (κ2) is 12.5. The number of esters is 1. The highest BCUT2D eigenvalue weighted by Crippen LogP contribution is 2.34. The minimum Gasteiger partial charge on any atom is -0.454 e. The lowest BCUT2D eigenvalue weighted by molar-refractivity contribution is -0.167. The van der Waals surface area contributed by atoms with Crippen LogP contribution < -0.4 is 17.0 Å². The van der Waals surface area contributed by atoms with E-state index in [-0.39, 0.29) is 25.5 Å². The Morgan fingerprint density at radius 3 is 2.69 bits per heavy atom. The number of anilines is 1. The molecule has 5 heterocycles. The van der Waals surface area contributed by atoms with Crippen molar-refractivity contribution in [1.29, 1.82) is 0 Å². The lowest BCUT2D eigenvalue weighted by Crippen LogP contribution is -2.44. The second-order valence-corrected chi connectivity index (χ2v) is 10.2. The van der Waals surface area contributed by atoms with Gasteiger partial charge in [0.15, 0.2) is 29.2 Å². The normalized spacial score (nSPS) is 28.4. The highest BCUT2D eigenvalue weighted by atomic mass is 32.1. The van der Waals surface area contributed by atoms with E-state index in [1.165, 1.54) is 50.8 Å². The van der Waals surface area contributed by atoms with E-state index in [4.69, 9.17) is 34.2 Å². The van der Waals surface area contributed by atoms with E-state index in [2.05, 4.69) is 27.6 Å². The molecule has 3 aromatic heterocycles. The number of carbonyl (C=O) groups is 1. The fraction of sp³-hybridized carbons (Fsp3) is 0.583. The van der Waals surface area contributed by atoms with Gasteiger partial charge in [-0.3, -0.25) is 18.5 Å². The number of imidazole rings is 1. The van der Waals surface area contributed by atoms with Gasteiger partial charge >= 0.3 is 11.7 Å². The van der Waals surface area contributed by atoms with Crippen molar-refractivity contribution in [2.45, 2.75) is 54.8 Å². The molecule has 228 valence electrons. The van der Waals surface area contributed by atoms with Crippen LogP contribution in [-0.2, 0) is 40.3 Å². The molecule has 0 aromatic carbocycles. The summed E-state index contributed by atoms with van der Waals surface area (Å²) in [4.78, 5) is 49.9. The third-order valence-corrected chi connectivity index (χ3v) is 7.51. The predicted octanol–water partition coefficient (Wildman–Crippen LogP) is -1.64. The number of aliphatic hydroxyl groups excluding tert-OH is 1. The number of rotatable bonds is 10. The first kappa shape index (κ1) is 30.1. The summed E-state index contributed by atoms with van der Waals surface area (Å²) in [5.74, 6) is -0.641. The molecule has 2 aliphatic heterocycles. The van der Waals surface area contributed by atoms with Gasteiger partial charge in [0, 0.05) is 40.0 Å². The van der Waals surface area contributed by atoms with Crippen molar-refractivity contribution >= 4 is 35.6 Å². The number of nitrogen functional groups attached to an aromatic ring is 1. The third-order valence-electron chi connectivity index (χ3n) is 7.15. The van der Waals surface area contributed by atoms with Crippen molar-refractivity contribution in [1.82, 2.24) is 28.7 Å². The van der Waals surface area contributed by atoms with Gasteiger partial charge in [0.05, 0.1) is 25.6 Å². The molecule has 0 spiro atoms. The number of ether oxygens (including phenoxy) is 6. The van der Waals surface area contributed by atoms with Crippen molar-refractivity contribution < 1.29 is 38.3 Å². The molecule has 2 saturated heterocycles. The van der Waals surface area contributed by atoms with Crippen molar-refractivity contribution in [3.63, 3.8) is 0 Å². The van der Waals surface area contributed by atoms with Gasteiger partial charge in [-0.2, -0.15) is 0 Å². The van der Waals surface area contributed by atoms with Crippen LogP contribution in [0.3, 0.4) is 0 Å². The maximum Gasteiger partial charge on any atom is 0.346 e. The maximum atomic E-state index is 13.0. The molecule has 3 unspecified atom stereocenters. The van der Waals surface area contributed by atoms with Crippen LogP contribution in [-0.4, -0.2) is 103 Å². The standard InChI is InChI=1S/C24H31N7O10S/c1-29-14(33)4-5-30(24(29)35)21-18(37-3)17(13(40-21)7-36-2)41-22(34)23(42)38-8-12-11(32)6-15(39-12)31-10-28-16-19(25)26-9-27-20(16)31/h4-5,9-13,15,17-18,21,23,32,42H,6-8H2,1-3H3,(H2,25,26,27)/t11?,12-,13-,15-,17?,18?,21-,23+/m1/s1. The molecular weight excluding hydrogens is 578 g/mol. The number of carbonyl (C=O) groups excluding carboxylic acids is 1. The zero-order chi connectivity index (χ0) is 30.1. The second-order valence-electron chi connectivity index (χ2n) is 9.73. The Kier molecular flexibility index (Phi) is 8.92. The van der Waals surface area contributed by atoms with Crippen LogP contribution in [0.1, 0.15) is 18.9 Å². The van der Waals surface area contributed by atoms with Gasteiger partial charge in [0.2, 0.25) is 0 Å². The largest absolute Gasteiger partial charge is 0.454 e. The van der Waals surface area contributed by atoms with E-state index in [1.807, 2.05) is 0 Å². The molecule has 0 radical (unpaired) electrons. The van der Waals surface area contributed by atoms with E-state index in [1.54, 1.807) is 4.57 Å². The van der Waals surface area contributed by atoms with E-state index in [0.29, 0.717) is 11.2 Å². The summed E-state index contributed by atoms with van der Waals surface area (Å²) in [6.45, 7) is -0.174. The first-order chi connectivity index (χ1) is 20.1. The number of hydrogen-bond acceptors (Lipinski definition) is 15. The van der Waals surface area contributed by atoms with Crippen LogP contribution in [0.4, 0.5) is 5.82 Å². The summed E-state index contributed by atoms with van der Waals surface area (Å²) < 4.78 is 37.7. The number of methoxy groups -OCH3 is 2. The maximum absolute atomic E-state index is 13.0. The van der Waals surface area contributed by atoms with Crippen molar-refractivity contribution in [3.05, 3.63) is 45.8 Å². The lowest BCUT2D eigenvalue weighted by Gasteiger charge is -2.25. The Balaban J connectivity index is 1.23. The SMILES string of the molecule is COC[C@H]1O[C@@H](n2ccc(=O)n(C)c2=O)C(OC)C1OC(=O)[C@H](S)OC[C@H]1O[C@@H](n2cnc3c(N)ncnc32)CC1O. The van der Waals surface area contributed by atoms with Crippen molar-refractivity contribution in [2.75, 3.05) is 33.2 Å². The minimum absolute atomic E-state index is 0.00983. The summed E-state index contributed by atoms with van der Waals surface area (Å²) in [7, 11) is 4.15. The number of fused-ring (bicyclic) bond motifs is 1. The van der Waals surface area contributed by atoms with Gasteiger partial charge in [0.25, 0.3) is 5.56 Å². The summed E-state index contributed by atoms with van der Waals surface area (Å²) in [6.07, 6.45) is -1.81. The number of nitrogens with zero attached hydrogens (tertiary/aromatic N) is 6. The molecular formula is C24H31N7O10S. The van der Waals surface area contributed by atoms with Crippen LogP contribution in [0.15, 0.2) is 34.5 Å². The summed E-state index contributed by atoms with van der Waals surface area (Å²) in [5, 5.41) is 10.6. The molecule has 8 atom stereocenters. The van der Waals surface area contributed by atoms with Crippen LogP contribution >= 0.6 is 12.6 Å². The zero-order valence-corrected chi connectivity index (χ0v) is 23.8. The van der Waals surface area contributed by atoms with Crippen LogP contribution in [0, 0.1) is 0 Å².